The maximum absolute atomic E-state index is 5.08. The van der Waals surface area contributed by atoms with Crippen molar-refractivity contribution in [2.24, 2.45) is 0 Å². The van der Waals surface area contributed by atoms with E-state index in [4.69, 9.17) is 9.97 Å². The number of fused-ring (bicyclic) bond motifs is 8. The Morgan fingerprint density at radius 3 is 1.02 bits per heavy atom. The summed E-state index contributed by atoms with van der Waals surface area (Å²) in [5.41, 5.74) is 13.4. The Bertz CT molecular complexity index is 2940. The van der Waals surface area contributed by atoms with Gasteiger partial charge in [0.15, 0.2) is 0 Å². The number of aryl methyl sites for hydroxylation is 2. The summed E-state index contributed by atoms with van der Waals surface area (Å²) in [6, 6.07) is 57.3. The predicted molar refractivity (Wildman–Crippen MR) is 226 cm³/mol. The molecule has 0 aliphatic rings. The molecule has 11 aromatic rings. The first kappa shape index (κ1) is 30.6. The summed E-state index contributed by atoms with van der Waals surface area (Å²) < 4.78 is 4.80. The molecule has 0 saturated heterocycles. The molecule has 7 aromatic carbocycles. The Morgan fingerprint density at radius 1 is 0.333 bits per heavy atom. The summed E-state index contributed by atoms with van der Waals surface area (Å²) in [7, 11) is 0. The molecule has 0 spiro atoms. The molecule has 0 aliphatic carbocycles. The van der Waals surface area contributed by atoms with Crippen molar-refractivity contribution in [1.29, 1.82) is 0 Å². The maximum Gasteiger partial charge on any atom is 0.0714 e. The van der Waals surface area contributed by atoms with Crippen molar-refractivity contribution in [2.75, 3.05) is 0 Å². The predicted octanol–water partition coefficient (Wildman–Crippen LogP) is 12.9. The zero-order valence-electron chi connectivity index (χ0n) is 30.0. The summed E-state index contributed by atoms with van der Waals surface area (Å²) in [6.07, 6.45) is 3.96. The molecule has 0 atom stereocenters. The third-order valence-electron chi connectivity index (χ3n) is 11.1. The molecule has 0 unspecified atom stereocenters. The van der Waals surface area contributed by atoms with Crippen molar-refractivity contribution in [2.45, 2.75) is 13.8 Å². The van der Waals surface area contributed by atoms with Gasteiger partial charge in [-0.05, 0) is 107 Å². The Kier molecular flexibility index (Phi) is 6.65. The number of benzene rings is 7. The first-order chi connectivity index (χ1) is 26.6. The van der Waals surface area contributed by atoms with Gasteiger partial charge in [0.05, 0.1) is 33.5 Å². The van der Waals surface area contributed by atoms with Gasteiger partial charge in [-0.25, -0.2) is 0 Å². The zero-order chi connectivity index (χ0) is 35.9. The van der Waals surface area contributed by atoms with Crippen molar-refractivity contribution in [3.05, 3.63) is 181 Å². The molecule has 54 heavy (non-hydrogen) atoms. The van der Waals surface area contributed by atoms with Crippen LogP contribution in [0.3, 0.4) is 0 Å². The van der Waals surface area contributed by atoms with Crippen molar-refractivity contribution >= 4 is 65.2 Å². The van der Waals surface area contributed by atoms with E-state index in [1.165, 1.54) is 43.6 Å². The Balaban J connectivity index is 1.29. The fourth-order valence-electron chi connectivity index (χ4n) is 8.67. The van der Waals surface area contributed by atoms with Crippen molar-refractivity contribution < 1.29 is 0 Å². The summed E-state index contributed by atoms with van der Waals surface area (Å²) in [5, 5.41) is 9.53. The first-order valence-electron chi connectivity index (χ1n) is 18.5. The summed E-state index contributed by atoms with van der Waals surface area (Å²) >= 11 is 0. The van der Waals surface area contributed by atoms with Crippen LogP contribution in [0, 0.1) is 13.8 Å². The molecule has 4 aromatic heterocycles. The van der Waals surface area contributed by atoms with E-state index < -0.39 is 0 Å². The molecule has 4 nitrogen and oxygen atoms in total. The van der Waals surface area contributed by atoms with Crippen LogP contribution in [-0.4, -0.2) is 19.1 Å². The Morgan fingerprint density at radius 2 is 0.685 bits per heavy atom. The van der Waals surface area contributed by atoms with Crippen molar-refractivity contribution in [1.82, 2.24) is 19.1 Å². The normalized spacial score (nSPS) is 11.9. The third kappa shape index (κ3) is 4.50. The number of pyridine rings is 2. The van der Waals surface area contributed by atoms with Gasteiger partial charge in [-0.3, -0.25) is 9.97 Å². The standard InChI is InChI=1S/C50H34N4/c1-31-19-25-43(51-29-31)49-39-23-21-34(54-47-17-9-5-13-37(47)38-14-6-10-18-48(38)54)28-42(39)50(44-26-20-32(2)30-52-44)40-24-22-33(27-41(40)49)53-45-15-7-3-11-35(45)36-12-4-8-16-46(36)53/h3-30H,1-2H3. The average molecular weight is 691 g/mol. The van der Waals surface area contributed by atoms with E-state index in [1.807, 2.05) is 12.4 Å². The van der Waals surface area contributed by atoms with E-state index in [2.05, 4.69) is 181 Å². The molecule has 0 aliphatic heterocycles. The number of rotatable bonds is 4. The maximum atomic E-state index is 5.08. The zero-order valence-corrected chi connectivity index (χ0v) is 30.0. The van der Waals surface area contributed by atoms with Gasteiger partial charge in [0.2, 0.25) is 0 Å². The monoisotopic (exact) mass is 690 g/mol. The van der Waals surface area contributed by atoms with Crippen LogP contribution >= 0.6 is 0 Å². The van der Waals surface area contributed by atoms with Crippen LogP contribution in [0.1, 0.15) is 11.1 Å². The van der Waals surface area contributed by atoms with E-state index in [1.54, 1.807) is 0 Å². The van der Waals surface area contributed by atoms with Crippen molar-refractivity contribution in [3.63, 3.8) is 0 Å². The van der Waals surface area contributed by atoms with E-state index in [0.717, 1.165) is 66.6 Å². The lowest BCUT2D eigenvalue weighted by Gasteiger charge is -2.20. The van der Waals surface area contributed by atoms with Gasteiger partial charge in [0, 0.05) is 56.4 Å². The molecule has 0 bridgehead atoms. The van der Waals surface area contributed by atoms with Gasteiger partial charge in [0.1, 0.15) is 0 Å². The second-order valence-corrected chi connectivity index (χ2v) is 14.4. The third-order valence-corrected chi connectivity index (χ3v) is 11.1. The lowest BCUT2D eigenvalue weighted by Crippen LogP contribution is -1.99. The number of para-hydroxylation sites is 4. The lowest BCUT2D eigenvalue weighted by molar-refractivity contribution is 1.18. The second-order valence-electron chi connectivity index (χ2n) is 14.4. The molecule has 0 saturated carbocycles. The molecule has 4 heterocycles. The van der Waals surface area contributed by atoms with Crippen molar-refractivity contribution in [3.8, 4) is 33.9 Å². The molecular weight excluding hydrogens is 657 g/mol. The van der Waals surface area contributed by atoms with E-state index in [0.29, 0.717) is 0 Å². The smallest absolute Gasteiger partial charge is 0.0714 e. The quantitative estimate of drug-likeness (QED) is 0.172. The van der Waals surface area contributed by atoms with Gasteiger partial charge < -0.3 is 9.13 Å². The highest BCUT2D eigenvalue weighted by Gasteiger charge is 2.22. The van der Waals surface area contributed by atoms with Crippen LogP contribution in [0.15, 0.2) is 170 Å². The van der Waals surface area contributed by atoms with Crippen LogP contribution in [0.2, 0.25) is 0 Å². The minimum Gasteiger partial charge on any atom is -0.309 e. The number of aromatic nitrogens is 4. The van der Waals surface area contributed by atoms with Crippen LogP contribution in [0.5, 0.6) is 0 Å². The highest BCUT2D eigenvalue weighted by atomic mass is 15.0. The Labute approximate surface area is 312 Å². The largest absolute Gasteiger partial charge is 0.309 e. The molecular formula is C50H34N4. The van der Waals surface area contributed by atoms with E-state index in [-0.39, 0.29) is 0 Å². The Hall–Kier alpha value is -7.04. The molecule has 11 rings (SSSR count). The van der Waals surface area contributed by atoms with Gasteiger partial charge in [-0.2, -0.15) is 0 Å². The number of hydrogen-bond donors (Lipinski definition) is 0. The van der Waals surface area contributed by atoms with Gasteiger partial charge in [-0.1, -0.05) is 97.1 Å². The van der Waals surface area contributed by atoms with E-state index >= 15 is 0 Å². The fourth-order valence-corrected chi connectivity index (χ4v) is 8.67. The van der Waals surface area contributed by atoms with Gasteiger partial charge >= 0.3 is 0 Å². The molecule has 254 valence electrons. The minimum absolute atomic E-state index is 0.947. The summed E-state index contributed by atoms with van der Waals surface area (Å²) in [5.74, 6) is 0. The topological polar surface area (TPSA) is 35.6 Å². The van der Waals surface area contributed by atoms with Crippen LogP contribution in [-0.2, 0) is 0 Å². The fraction of sp³-hybridized carbons (Fsp3) is 0.0400. The van der Waals surface area contributed by atoms with Crippen LogP contribution in [0.25, 0.3) is 99.0 Å². The van der Waals surface area contributed by atoms with E-state index in [9.17, 15) is 0 Å². The van der Waals surface area contributed by atoms with Gasteiger partial charge in [-0.15, -0.1) is 0 Å². The summed E-state index contributed by atoms with van der Waals surface area (Å²) in [6.45, 7) is 4.19. The number of hydrogen-bond acceptors (Lipinski definition) is 2. The number of nitrogens with zero attached hydrogens (tertiary/aromatic N) is 4. The molecule has 0 amide bonds. The van der Waals surface area contributed by atoms with Crippen LogP contribution in [0.4, 0.5) is 0 Å². The molecule has 0 radical (unpaired) electrons. The lowest BCUT2D eigenvalue weighted by atomic mass is 9.88. The summed E-state index contributed by atoms with van der Waals surface area (Å²) in [4.78, 5) is 10.2. The van der Waals surface area contributed by atoms with Crippen LogP contribution < -0.4 is 0 Å². The highest BCUT2D eigenvalue weighted by Crippen LogP contribution is 2.45. The highest BCUT2D eigenvalue weighted by molar-refractivity contribution is 6.22. The first-order valence-corrected chi connectivity index (χ1v) is 18.5. The second kappa shape index (κ2) is 11.7. The van der Waals surface area contributed by atoms with Gasteiger partial charge in [0.25, 0.3) is 0 Å². The molecule has 4 heteroatoms. The average Bonchev–Trinajstić information content (AvgIpc) is 3.74. The SMILES string of the molecule is Cc1ccc(-c2c3ccc(-n4c5ccccc5c5ccccc54)cc3c(-c3ccc(C)cn3)c3ccc(-n4c5ccccc5c5ccccc54)cc23)nc1. The minimum atomic E-state index is 0.947. The molecule has 0 fully saturated rings. The molecule has 0 N–H and O–H groups in total.